The molecule has 2 aliphatic heterocycles. The Morgan fingerprint density at radius 1 is 1.21 bits per heavy atom. The van der Waals surface area contributed by atoms with Gasteiger partial charge in [0.05, 0.1) is 29.7 Å². The van der Waals surface area contributed by atoms with Crippen LogP contribution in [0.3, 0.4) is 0 Å². The van der Waals surface area contributed by atoms with E-state index in [1.165, 1.54) is 11.1 Å². The van der Waals surface area contributed by atoms with E-state index < -0.39 is 21.2 Å². The third kappa shape index (κ3) is 5.88. The van der Waals surface area contributed by atoms with Crippen molar-refractivity contribution in [3.63, 3.8) is 0 Å². The van der Waals surface area contributed by atoms with Crippen LogP contribution in [0.15, 0.2) is 42.5 Å². The van der Waals surface area contributed by atoms with Gasteiger partial charge in [-0.1, -0.05) is 23.8 Å². The van der Waals surface area contributed by atoms with Gasteiger partial charge >= 0.3 is 0 Å². The molecule has 43 heavy (non-hydrogen) atoms. The molecule has 2 aliphatic carbocycles. The molecule has 10 heteroatoms. The quantitative estimate of drug-likeness (QED) is 0.438. The smallest absolute Gasteiger partial charge is 0.264 e. The van der Waals surface area contributed by atoms with Crippen LogP contribution in [-0.2, 0) is 21.9 Å². The third-order valence-electron chi connectivity index (χ3n) is 10.1. The number of carbonyl (C=O) groups excluding carboxylic acids is 1. The fourth-order valence-electron chi connectivity index (χ4n) is 7.39. The van der Waals surface area contributed by atoms with Crippen LogP contribution in [0.4, 0.5) is 5.69 Å². The minimum Gasteiger partial charge on any atom is -0.495 e. The summed E-state index contributed by atoms with van der Waals surface area (Å²) in [7, 11) is -2.32. The van der Waals surface area contributed by atoms with Crippen molar-refractivity contribution in [3.05, 3.63) is 64.2 Å². The monoisotopic (exact) mass is 628 g/mol. The standard InChI is InChI=1S/C33H41ClN2O6S/c1-21-13-22(18-37)5-3-6-23-8-9-26(23)17-36-19-33(12-4-7-24-14-28(34)31(41-2)16-27(24)33)20-42-30-11-10-25(15-29(30)36)32(38)35-43(21,39)40/h3,5,10-11,14-16,21-23,26,37H,4,6-9,12-13,17-20H2,1-2H3,(H,35,38)/b5-3+/t21-,22-,23+,26+,33+/m1/s1. The molecule has 1 saturated carbocycles. The summed E-state index contributed by atoms with van der Waals surface area (Å²) in [6.07, 6.45) is 10.3. The Hall–Kier alpha value is -2.75. The molecule has 1 spiro atoms. The predicted octanol–water partition coefficient (Wildman–Crippen LogP) is 5.25. The molecule has 1 fully saturated rings. The number of aryl methyl sites for hydroxylation is 1. The highest BCUT2D eigenvalue weighted by atomic mass is 35.5. The molecule has 2 aromatic rings. The van der Waals surface area contributed by atoms with Gasteiger partial charge in [0.2, 0.25) is 10.0 Å². The predicted molar refractivity (Wildman–Crippen MR) is 168 cm³/mol. The number of nitrogens with one attached hydrogen (secondary N) is 1. The maximum atomic E-state index is 13.3. The molecular weight excluding hydrogens is 588 g/mol. The van der Waals surface area contributed by atoms with Gasteiger partial charge < -0.3 is 19.5 Å². The summed E-state index contributed by atoms with van der Waals surface area (Å²) in [5, 5.41) is 9.70. The number of hydrogen-bond donors (Lipinski definition) is 2. The van der Waals surface area contributed by atoms with Crippen LogP contribution in [0.25, 0.3) is 0 Å². The molecule has 6 rings (SSSR count). The van der Waals surface area contributed by atoms with Crippen LogP contribution in [0.1, 0.15) is 66.9 Å². The van der Waals surface area contributed by atoms with Gasteiger partial charge in [-0.15, -0.1) is 0 Å². The van der Waals surface area contributed by atoms with Crippen LogP contribution in [-0.4, -0.2) is 58.1 Å². The van der Waals surface area contributed by atoms with Gasteiger partial charge in [-0.2, -0.15) is 0 Å². The van der Waals surface area contributed by atoms with Crippen molar-refractivity contribution in [1.82, 2.24) is 4.72 Å². The highest BCUT2D eigenvalue weighted by molar-refractivity contribution is 7.90. The number of ether oxygens (including phenoxy) is 2. The lowest BCUT2D eigenvalue weighted by molar-refractivity contribution is 0.0981. The second-order valence-electron chi connectivity index (χ2n) is 12.9. The van der Waals surface area contributed by atoms with Crippen LogP contribution in [0.2, 0.25) is 5.02 Å². The number of rotatable bonds is 2. The number of amides is 1. The van der Waals surface area contributed by atoms with Gasteiger partial charge in [-0.25, -0.2) is 13.1 Å². The zero-order valence-corrected chi connectivity index (χ0v) is 26.4. The summed E-state index contributed by atoms with van der Waals surface area (Å²) in [4.78, 5) is 15.7. The average molecular weight is 629 g/mol. The first-order valence-electron chi connectivity index (χ1n) is 15.3. The van der Waals surface area contributed by atoms with Crippen molar-refractivity contribution in [1.29, 1.82) is 0 Å². The molecule has 0 aromatic heterocycles. The highest BCUT2D eigenvalue weighted by Crippen LogP contribution is 2.48. The summed E-state index contributed by atoms with van der Waals surface area (Å²) in [5.74, 6) is 1.35. The second-order valence-corrected chi connectivity index (χ2v) is 15.4. The van der Waals surface area contributed by atoms with E-state index in [2.05, 4.69) is 21.8 Å². The number of aliphatic hydroxyl groups is 1. The number of halogens is 1. The molecule has 1 amide bonds. The molecule has 232 valence electrons. The topological polar surface area (TPSA) is 105 Å². The van der Waals surface area contributed by atoms with Gasteiger partial charge in [-0.3, -0.25) is 4.79 Å². The molecule has 2 N–H and O–H groups in total. The Morgan fingerprint density at radius 2 is 2.02 bits per heavy atom. The van der Waals surface area contributed by atoms with Crippen molar-refractivity contribution in [2.75, 3.05) is 38.3 Å². The number of methoxy groups -OCH3 is 1. The maximum Gasteiger partial charge on any atom is 0.264 e. The molecule has 2 aromatic carbocycles. The van der Waals surface area contributed by atoms with Gasteiger partial charge in [0, 0.05) is 36.6 Å². The lowest BCUT2D eigenvalue weighted by atomic mass is 9.69. The Labute approximate surface area is 259 Å². The van der Waals surface area contributed by atoms with E-state index in [0.717, 1.165) is 50.8 Å². The first kappa shape index (κ1) is 30.3. The number of fused-ring (bicyclic) bond motifs is 4. The van der Waals surface area contributed by atoms with Crippen LogP contribution in [0, 0.1) is 17.8 Å². The Morgan fingerprint density at radius 3 is 2.77 bits per heavy atom. The number of sulfonamides is 1. The van der Waals surface area contributed by atoms with Crippen molar-refractivity contribution in [2.24, 2.45) is 17.8 Å². The van der Waals surface area contributed by atoms with Crippen molar-refractivity contribution in [3.8, 4) is 11.5 Å². The summed E-state index contributed by atoms with van der Waals surface area (Å²) in [5.41, 5.74) is 3.19. The SMILES string of the molecule is COc1cc2c(cc1Cl)CCC[C@]21COc2ccc3cc2N(C[C@@H]2CC[C@@H]2C/C=C/[C@@H](CO)C[C@@H](C)S(=O)(=O)NC3=O)C1. The molecule has 2 bridgehead atoms. The van der Waals surface area contributed by atoms with E-state index in [1.807, 2.05) is 12.1 Å². The van der Waals surface area contributed by atoms with Crippen molar-refractivity contribution in [2.45, 2.75) is 62.5 Å². The average Bonchev–Trinajstić information content (AvgIpc) is 3.12. The van der Waals surface area contributed by atoms with Gasteiger partial charge in [0.25, 0.3) is 5.91 Å². The number of anilines is 1. The molecular formula is C33H41ClN2O6S. The maximum absolute atomic E-state index is 13.3. The zero-order chi connectivity index (χ0) is 30.4. The van der Waals surface area contributed by atoms with Crippen LogP contribution in [0.5, 0.6) is 11.5 Å². The Balaban J connectivity index is 1.42. The molecule has 5 atom stereocenters. The minimum absolute atomic E-state index is 0.142. The number of benzene rings is 2. The molecule has 0 unspecified atom stereocenters. The summed E-state index contributed by atoms with van der Waals surface area (Å²) < 4.78 is 40.7. The second kappa shape index (κ2) is 12.0. The van der Waals surface area contributed by atoms with Gasteiger partial charge in [0.1, 0.15) is 11.5 Å². The van der Waals surface area contributed by atoms with E-state index in [-0.39, 0.29) is 29.9 Å². The number of allylic oxidation sites excluding steroid dienone is 1. The number of carbonyl (C=O) groups is 1. The normalized spacial score (nSPS) is 31.0. The molecule has 0 radical (unpaired) electrons. The highest BCUT2D eigenvalue weighted by Gasteiger charge is 2.44. The van der Waals surface area contributed by atoms with Gasteiger partial charge in [-0.05, 0) is 105 Å². The molecule has 2 heterocycles. The van der Waals surface area contributed by atoms with E-state index in [0.29, 0.717) is 41.5 Å². The number of hydrogen-bond acceptors (Lipinski definition) is 7. The first-order chi connectivity index (χ1) is 20.6. The first-order valence-corrected chi connectivity index (χ1v) is 17.3. The minimum atomic E-state index is -3.96. The Bertz CT molecular complexity index is 1530. The van der Waals surface area contributed by atoms with E-state index >= 15 is 0 Å². The summed E-state index contributed by atoms with van der Waals surface area (Å²) >= 11 is 6.54. The van der Waals surface area contributed by atoms with Gasteiger partial charge in [0.15, 0.2) is 0 Å². The summed E-state index contributed by atoms with van der Waals surface area (Å²) in [6.45, 7) is 3.42. The largest absolute Gasteiger partial charge is 0.495 e. The van der Waals surface area contributed by atoms with E-state index in [4.69, 9.17) is 21.1 Å². The van der Waals surface area contributed by atoms with Crippen molar-refractivity contribution >= 4 is 33.2 Å². The Kier molecular flexibility index (Phi) is 8.43. The number of aliphatic hydroxyl groups excluding tert-OH is 1. The zero-order valence-electron chi connectivity index (χ0n) is 24.9. The molecule has 4 aliphatic rings. The van der Waals surface area contributed by atoms with Crippen LogP contribution >= 0.6 is 11.6 Å². The van der Waals surface area contributed by atoms with Crippen LogP contribution < -0.4 is 19.1 Å². The fourth-order valence-corrected chi connectivity index (χ4v) is 8.74. The number of nitrogens with zero attached hydrogens (tertiary/aromatic N) is 1. The third-order valence-corrected chi connectivity index (χ3v) is 12.1. The molecule has 8 nitrogen and oxygen atoms in total. The lowest BCUT2D eigenvalue weighted by Crippen LogP contribution is -2.48. The fraction of sp³-hybridized carbons (Fsp3) is 0.545. The van der Waals surface area contributed by atoms with E-state index in [9.17, 15) is 18.3 Å². The molecule has 0 saturated heterocycles. The van der Waals surface area contributed by atoms with Crippen molar-refractivity contribution < 1.29 is 27.8 Å². The summed E-state index contributed by atoms with van der Waals surface area (Å²) in [6, 6.07) is 9.32. The van der Waals surface area contributed by atoms with E-state index in [1.54, 1.807) is 32.2 Å². The lowest BCUT2D eigenvalue weighted by Gasteiger charge is -2.44.